The summed E-state index contributed by atoms with van der Waals surface area (Å²) in [4.78, 5) is 13.9. The molecular weight excluding hydrogens is 280 g/mol. The summed E-state index contributed by atoms with van der Waals surface area (Å²) in [5.41, 5.74) is 6.24. The lowest BCUT2D eigenvalue weighted by Gasteiger charge is -2.29. The molecule has 7 heteroatoms. The lowest BCUT2D eigenvalue weighted by atomic mass is 10.1. The number of anilines is 1. The summed E-state index contributed by atoms with van der Waals surface area (Å²) >= 11 is 0. The molecule has 0 aromatic heterocycles. The van der Waals surface area contributed by atoms with Crippen molar-refractivity contribution in [3.63, 3.8) is 0 Å². The highest BCUT2D eigenvalue weighted by Crippen LogP contribution is 2.19. The highest BCUT2D eigenvalue weighted by Gasteiger charge is 2.18. The van der Waals surface area contributed by atoms with Gasteiger partial charge in [0.1, 0.15) is 5.75 Å². The predicted octanol–water partition coefficient (Wildman–Crippen LogP) is 1.65. The van der Waals surface area contributed by atoms with E-state index in [9.17, 15) is 13.6 Å². The number of nitrogens with two attached hydrogens (primary N) is 1. The van der Waals surface area contributed by atoms with Gasteiger partial charge in [-0.25, -0.2) is 0 Å². The molecule has 3 N–H and O–H groups in total. The second kappa shape index (κ2) is 7.33. The SMILES string of the molecule is NC1CCN(CC(=O)Nc2cccc(OC(F)F)c2)CC1. The van der Waals surface area contributed by atoms with Crippen LogP contribution < -0.4 is 15.8 Å². The molecule has 0 aliphatic carbocycles. The van der Waals surface area contributed by atoms with Crippen LogP contribution in [-0.4, -0.2) is 43.1 Å². The van der Waals surface area contributed by atoms with Crippen molar-refractivity contribution in [2.24, 2.45) is 5.73 Å². The van der Waals surface area contributed by atoms with E-state index in [4.69, 9.17) is 5.73 Å². The fourth-order valence-electron chi connectivity index (χ4n) is 2.26. The Bertz CT molecular complexity index is 477. The van der Waals surface area contributed by atoms with E-state index in [0.29, 0.717) is 5.69 Å². The van der Waals surface area contributed by atoms with E-state index in [1.165, 1.54) is 12.1 Å². The maximum Gasteiger partial charge on any atom is 0.387 e. The van der Waals surface area contributed by atoms with Gasteiger partial charge in [-0.1, -0.05) is 6.07 Å². The molecule has 1 aromatic rings. The van der Waals surface area contributed by atoms with E-state index >= 15 is 0 Å². The summed E-state index contributed by atoms with van der Waals surface area (Å²) in [5.74, 6) is -0.161. The molecule has 0 bridgehead atoms. The molecule has 21 heavy (non-hydrogen) atoms. The smallest absolute Gasteiger partial charge is 0.387 e. The average Bonchev–Trinajstić information content (AvgIpc) is 2.41. The zero-order valence-electron chi connectivity index (χ0n) is 11.6. The first kappa shape index (κ1) is 15.7. The minimum atomic E-state index is -2.88. The van der Waals surface area contributed by atoms with Gasteiger partial charge in [-0.2, -0.15) is 8.78 Å². The van der Waals surface area contributed by atoms with Crippen LogP contribution in [0.2, 0.25) is 0 Å². The quantitative estimate of drug-likeness (QED) is 0.867. The Hall–Kier alpha value is -1.73. The van der Waals surface area contributed by atoms with Crippen molar-refractivity contribution in [3.8, 4) is 5.75 Å². The number of carbonyl (C=O) groups excluding carboxylic acids is 1. The minimum absolute atomic E-state index is 0.0201. The summed E-state index contributed by atoms with van der Waals surface area (Å²) in [7, 11) is 0. The van der Waals surface area contributed by atoms with Crippen LogP contribution in [0.25, 0.3) is 0 Å². The molecule has 1 saturated heterocycles. The minimum Gasteiger partial charge on any atom is -0.435 e. The first-order chi connectivity index (χ1) is 10.0. The van der Waals surface area contributed by atoms with E-state index in [0.717, 1.165) is 25.9 Å². The Morgan fingerprint density at radius 2 is 2.14 bits per heavy atom. The molecule has 0 radical (unpaired) electrons. The Morgan fingerprint density at radius 3 is 2.81 bits per heavy atom. The van der Waals surface area contributed by atoms with Gasteiger partial charge in [-0.15, -0.1) is 0 Å². The second-order valence-electron chi connectivity index (χ2n) is 5.07. The normalized spacial score (nSPS) is 17.0. The number of nitrogens with one attached hydrogen (secondary N) is 1. The molecule has 5 nitrogen and oxygen atoms in total. The van der Waals surface area contributed by atoms with Gasteiger partial charge in [-0.3, -0.25) is 9.69 Å². The van der Waals surface area contributed by atoms with Crippen LogP contribution in [0.15, 0.2) is 24.3 Å². The lowest BCUT2D eigenvalue weighted by Crippen LogP contribution is -2.43. The molecule has 0 spiro atoms. The van der Waals surface area contributed by atoms with Crippen LogP contribution in [0.3, 0.4) is 0 Å². The van der Waals surface area contributed by atoms with Crippen LogP contribution in [0.4, 0.5) is 14.5 Å². The summed E-state index contributed by atoms with van der Waals surface area (Å²) in [5, 5.41) is 2.68. The molecule has 116 valence electrons. The van der Waals surface area contributed by atoms with Crippen molar-refractivity contribution in [2.75, 3.05) is 25.0 Å². The van der Waals surface area contributed by atoms with Gasteiger partial charge >= 0.3 is 6.61 Å². The van der Waals surface area contributed by atoms with E-state index in [-0.39, 0.29) is 24.2 Å². The monoisotopic (exact) mass is 299 g/mol. The van der Waals surface area contributed by atoms with Crippen molar-refractivity contribution in [2.45, 2.75) is 25.5 Å². The number of hydrogen-bond donors (Lipinski definition) is 2. The first-order valence-electron chi connectivity index (χ1n) is 6.85. The van der Waals surface area contributed by atoms with Gasteiger partial charge in [0, 0.05) is 30.9 Å². The fourth-order valence-corrected chi connectivity index (χ4v) is 2.26. The first-order valence-corrected chi connectivity index (χ1v) is 6.85. The van der Waals surface area contributed by atoms with Crippen molar-refractivity contribution in [3.05, 3.63) is 24.3 Å². The Labute approximate surface area is 122 Å². The van der Waals surface area contributed by atoms with E-state index in [1.807, 2.05) is 4.90 Å². The third-order valence-corrected chi connectivity index (χ3v) is 3.34. The maximum absolute atomic E-state index is 12.1. The molecule has 2 rings (SSSR count). The molecule has 1 aliphatic rings. The van der Waals surface area contributed by atoms with Crippen molar-refractivity contribution >= 4 is 11.6 Å². The van der Waals surface area contributed by atoms with Crippen LogP contribution >= 0.6 is 0 Å². The van der Waals surface area contributed by atoms with Crippen LogP contribution in [0.1, 0.15) is 12.8 Å². The highest BCUT2D eigenvalue weighted by atomic mass is 19.3. The highest BCUT2D eigenvalue weighted by molar-refractivity contribution is 5.92. The Morgan fingerprint density at radius 1 is 1.43 bits per heavy atom. The standard InChI is InChI=1S/C14H19F2N3O2/c15-14(16)21-12-3-1-2-11(8-12)18-13(20)9-19-6-4-10(17)5-7-19/h1-3,8,10,14H,4-7,9,17H2,(H,18,20). The molecule has 0 saturated carbocycles. The fraction of sp³-hybridized carbons (Fsp3) is 0.500. The van der Waals surface area contributed by atoms with E-state index < -0.39 is 6.61 Å². The number of nitrogens with zero attached hydrogens (tertiary/aromatic N) is 1. The third kappa shape index (κ3) is 5.28. The molecule has 0 atom stereocenters. The van der Waals surface area contributed by atoms with Crippen molar-refractivity contribution in [1.82, 2.24) is 4.90 Å². The maximum atomic E-state index is 12.1. The number of ether oxygens (including phenoxy) is 1. The Balaban J connectivity index is 1.84. The number of amides is 1. The molecule has 1 aromatic carbocycles. The average molecular weight is 299 g/mol. The molecule has 1 aliphatic heterocycles. The molecule has 1 fully saturated rings. The van der Waals surface area contributed by atoms with Crippen LogP contribution in [0, 0.1) is 0 Å². The topological polar surface area (TPSA) is 67.6 Å². The number of rotatable bonds is 5. The van der Waals surface area contributed by atoms with Gasteiger partial charge in [0.15, 0.2) is 0 Å². The number of alkyl halides is 2. The number of likely N-dealkylation sites (tertiary alicyclic amines) is 1. The van der Waals surface area contributed by atoms with E-state index in [2.05, 4.69) is 10.1 Å². The number of benzene rings is 1. The Kier molecular flexibility index (Phi) is 5.46. The van der Waals surface area contributed by atoms with E-state index in [1.54, 1.807) is 12.1 Å². The molecule has 1 heterocycles. The van der Waals surface area contributed by atoms with Gasteiger partial charge in [0.05, 0.1) is 6.54 Å². The number of piperidine rings is 1. The summed E-state index contributed by atoms with van der Waals surface area (Å²) in [6, 6.07) is 6.17. The molecular formula is C14H19F2N3O2. The number of hydrogen-bond acceptors (Lipinski definition) is 4. The summed E-state index contributed by atoms with van der Waals surface area (Å²) in [6.45, 7) is -1.02. The molecule has 1 amide bonds. The zero-order valence-corrected chi connectivity index (χ0v) is 11.6. The van der Waals surface area contributed by atoms with Gasteiger partial charge in [-0.05, 0) is 25.0 Å². The largest absolute Gasteiger partial charge is 0.435 e. The number of carbonyl (C=O) groups is 1. The zero-order chi connectivity index (χ0) is 15.2. The second-order valence-corrected chi connectivity index (χ2v) is 5.07. The van der Waals surface area contributed by atoms with Crippen LogP contribution in [-0.2, 0) is 4.79 Å². The van der Waals surface area contributed by atoms with Gasteiger partial charge < -0.3 is 15.8 Å². The summed E-state index contributed by atoms with van der Waals surface area (Å²) in [6.07, 6.45) is 1.76. The van der Waals surface area contributed by atoms with Gasteiger partial charge in [0.2, 0.25) is 5.91 Å². The lowest BCUT2D eigenvalue weighted by molar-refractivity contribution is -0.117. The molecule has 0 unspecified atom stereocenters. The van der Waals surface area contributed by atoms with Crippen molar-refractivity contribution in [1.29, 1.82) is 0 Å². The predicted molar refractivity (Wildman–Crippen MR) is 75.4 cm³/mol. The number of halogens is 2. The summed E-state index contributed by atoms with van der Waals surface area (Å²) < 4.78 is 28.5. The van der Waals surface area contributed by atoms with Crippen LogP contribution in [0.5, 0.6) is 5.75 Å². The van der Waals surface area contributed by atoms with Gasteiger partial charge in [0.25, 0.3) is 0 Å². The third-order valence-electron chi connectivity index (χ3n) is 3.34. The van der Waals surface area contributed by atoms with Crippen molar-refractivity contribution < 1.29 is 18.3 Å².